The first-order valence-electron chi connectivity index (χ1n) is 5.80. The van der Waals surface area contributed by atoms with E-state index in [9.17, 15) is 5.11 Å². The van der Waals surface area contributed by atoms with Crippen molar-refractivity contribution in [1.29, 1.82) is 0 Å². The van der Waals surface area contributed by atoms with E-state index >= 15 is 0 Å². The lowest BCUT2D eigenvalue weighted by atomic mass is 9.98. The van der Waals surface area contributed by atoms with E-state index in [2.05, 4.69) is 15.9 Å². The zero-order valence-electron chi connectivity index (χ0n) is 10.5. The highest BCUT2D eigenvalue weighted by Gasteiger charge is 2.14. The van der Waals surface area contributed by atoms with Gasteiger partial charge in [0.2, 0.25) is 0 Å². The van der Waals surface area contributed by atoms with Crippen LogP contribution in [0.2, 0.25) is 10.0 Å². The van der Waals surface area contributed by atoms with Crippen molar-refractivity contribution in [3.63, 3.8) is 0 Å². The van der Waals surface area contributed by atoms with Gasteiger partial charge in [0.25, 0.3) is 0 Å². The topological polar surface area (TPSA) is 20.2 Å². The van der Waals surface area contributed by atoms with Gasteiger partial charge in [-0.2, -0.15) is 0 Å². The number of rotatable bonds is 2. The molecule has 0 aliphatic rings. The number of halogens is 3. The summed E-state index contributed by atoms with van der Waals surface area (Å²) in [4.78, 5) is 0. The molecule has 0 saturated carbocycles. The zero-order valence-corrected chi connectivity index (χ0v) is 13.6. The third-order valence-corrected chi connectivity index (χ3v) is 5.02. The van der Waals surface area contributed by atoms with Gasteiger partial charge in [0.1, 0.15) is 6.10 Å². The molecule has 19 heavy (non-hydrogen) atoms. The van der Waals surface area contributed by atoms with E-state index in [-0.39, 0.29) is 0 Å². The van der Waals surface area contributed by atoms with Crippen LogP contribution >= 0.6 is 39.1 Å². The van der Waals surface area contributed by atoms with Crippen LogP contribution < -0.4 is 0 Å². The minimum Gasteiger partial charge on any atom is -0.384 e. The molecule has 1 N–H and O–H groups in total. The van der Waals surface area contributed by atoms with Crippen molar-refractivity contribution in [2.24, 2.45) is 0 Å². The van der Waals surface area contributed by atoms with Gasteiger partial charge in [-0.1, -0.05) is 57.3 Å². The zero-order chi connectivity index (χ0) is 14.2. The van der Waals surface area contributed by atoms with E-state index in [0.29, 0.717) is 10.0 Å². The van der Waals surface area contributed by atoms with Gasteiger partial charge < -0.3 is 5.11 Å². The number of aliphatic hydroxyl groups excluding tert-OH is 1. The Labute approximate surface area is 131 Å². The summed E-state index contributed by atoms with van der Waals surface area (Å²) < 4.78 is 1.07. The third-order valence-electron chi connectivity index (χ3n) is 3.03. The van der Waals surface area contributed by atoms with Crippen molar-refractivity contribution in [3.05, 3.63) is 67.1 Å². The molecule has 0 amide bonds. The van der Waals surface area contributed by atoms with E-state index < -0.39 is 6.10 Å². The summed E-state index contributed by atoms with van der Waals surface area (Å²) in [6, 6.07) is 9.10. The molecule has 0 radical (unpaired) electrons. The Hall–Kier alpha value is -0.540. The molecule has 100 valence electrons. The highest BCUT2D eigenvalue weighted by atomic mass is 79.9. The fraction of sp³-hybridized carbons (Fsp3) is 0.200. The summed E-state index contributed by atoms with van der Waals surface area (Å²) in [5.41, 5.74) is 3.76. The average molecular weight is 360 g/mol. The molecule has 0 spiro atoms. The maximum atomic E-state index is 10.4. The van der Waals surface area contributed by atoms with Gasteiger partial charge in [0.05, 0.1) is 10.0 Å². The Bertz CT molecular complexity index is 603. The second-order valence-electron chi connectivity index (χ2n) is 4.54. The molecule has 2 aromatic rings. The molecule has 0 heterocycles. The molecular formula is C15H13BrCl2O. The van der Waals surface area contributed by atoms with Crippen LogP contribution in [-0.2, 0) is 0 Å². The first kappa shape index (κ1) is 14.9. The van der Waals surface area contributed by atoms with Crippen LogP contribution in [0.3, 0.4) is 0 Å². The Kier molecular flexibility index (Phi) is 4.57. The Morgan fingerprint density at radius 2 is 1.53 bits per heavy atom. The second kappa shape index (κ2) is 5.84. The largest absolute Gasteiger partial charge is 0.384 e. The van der Waals surface area contributed by atoms with E-state index in [1.807, 2.05) is 26.0 Å². The maximum Gasteiger partial charge on any atom is 0.104 e. The normalized spacial score (nSPS) is 12.5. The molecule has 0 fully saturated rings. The van der Waals surface area contributed by atoms with Gasteiger partial charge in [-0.15, -0.1) is 0 Å². The Morgan fingerprint density at radius 3 is 2.05 bits per heavy atom. The van der Waals surface area contributed by atoms with E-state index in [0.717, 1.165) is 26.7 Å². The molecule has 1 nitrogen and oxygen atoms in total. The molecule has 0 aromatic heterocycles. The van der Waals surface area contributed by atoms with Gasteiger partial charge in [0, 0.05) is 4.47 Å². The van der Waals surface area contributed by atoms with Crippen LogP contribution in [0.15, 0.2) is 34.8 Å². The molecule has 1 atom stereocenters. The van der Waals surface area contributed by atoms with Gasteiger partial charge in [-0.3, -0.25) is 0 Å². The summed E-state index contributed by atoms with van der Waals surface area (Å²) in [7, 11) is 0. The van der Waals surface area contributed by atoms with Crippen molar-refractivity contribution in [3.8, 4) is 0 Å². The van der Waals surface area contributed by atoms with Crippen LogP contribution in [0.25, 0.3) is 0 Å². The lowest BCUT2D eigenvalue weighted by Gasteiger charge is -2.15. The fourth-order valence-electron chi connectivity index (χ4n) is 2.01. The summed E-state index contributed by atoms with van der Waals surface area (Å²) in [6.07, 6.45) is -0.708. The smallest absolute Gasteiger partial charge is 0.104 e. The SMILES string of the molecule is Cc1cc(C(O)c2ccc(Cl)c(Cl)c2)cc(C)c1Br. The summed E-state index contributed by atoms with van der Waals surface area (Å²) in [5, 5.41) is 11.4. The molecule has 0 bridgehead atoms. The molecule has 1 unspecified atom stereocenters. The Morgan fingerprint density at radius 1 is 0.947 bits per heavy atom. The fourth-order valence-corrected chi connectivity index (χ4v) is 2.55. The molecular weight excluding hydrogens is 347 g/mol. The monoisotopic (exact) mass is 358 g/mol. The minimum atomic E-state index is -0.708. The number of hydrogen-bond donors (Lipinski definition) is 1. The van der Waals surface area contributed by atoms with Crippen molar-refractivity contribution in [2.45, 2.75) is 20.0 Å². The van der Waals surface area contributed by atoms with Crippen LogP contribution in [-0.4, -0.2) is 5.11 Å². The van der Waals surface area contributed by atoms with Gasteiger partial charge >= 0.3 is 0 Å². The first-order valence-corrected chi connectivity index (χ1v) is 7.34. The van der Waals surface area contributed by atoms with E-state index in [4.69, 9.17) is 23.2 Å². The molecule has 0 aliphatic heterocycles. The first-order chi connectivity index (χ1) is 8.90. The predicted octanol–water partition coefficient (Wildman–Crippen LogP) is 5.45. The van der Waals surface area contributed by atoms with Gasteiger partial charge in [-0.05, 0) is 48.2 Å². The number of aliphatic hydroxyl groups is 1. The third kappa shape index (κ3) is 3.14. The standard InChI is InChI=1S/C15H13BrCl2O/c1-8-5-11(6-9(2)14(8)16)15(19)10-3-4-12(17)13(18)7-10/h3-7,15,19H,1-2H3. The highest BCUT2D eigenvalue weighted by Crippen LogP contribution is 2.31. The van der Waals surface area contributed by atoms with Crippen LogP contribution in [0.1, 0.15) is 28.4 Å². The van der Waals surface area contributed by atoms with Crippen molar-refractivity contribution in [2.75, 3.05) is 0 Å². The van der Waals surface area contributed by atoms with E-state index in [1.54, 1.807) is 18.2 Å². The van der Waals surface area contributed by atoms with Crippen LogP contribution in [0.5, 0.6) is 0 Å². The average Bonchev–Trinajstić information content (AvgIpc) is 2.37. The number of hydrogen-bond acceptors (Lipinski definition) is 1. The number of aryl methyl sites for hydroxylation is 2. The maximum absolute atomic E-state index is 10.4. The predicted molar refractivity (Wildman–Crippen MR) is 84.1 cm³/mol. The minimum absolute atomic E-state index is 0.448. The quantitative estimate of drug-likeness (QED) is 0.755. The molecule has 4 heteroatoms. The highest BCUT2D eigenvalue weighted by molar-refractivity contribution is 9.10. The summed E-state index contributed by atoms with van der Waals surface area (Å²) >= 11 is 15.4. The number of benzene rings is 2. The lowest BCUT2D eigenvalue weighted by Crippen LogP contribution is -2.01. The lowest BCUT2D eigenvalue weighted by molar-refractivity contribution is 0.220. The van der Waals surface area contributed by atoms with Gasteiger partial charge in [0.15, 0.2) is 0 Å². The second-order valence-corrected chi connectivity index (χ2v) is 6.15. The molecule has 0 aliphatic carbocycles. The molecule has 0 saturated heterocycles. The van der Waals surface area contributed by atoms with E-state index in [1.165, 1.54) is 0 Å². The van der Waals surface area contributed by atoms with Crippen LogP contribution in [0.4, 0.5) is 0 Å². The van der Waals surface area contributed by atoms with Crippen molar-refractivity contribution < 1.29 is 5.11 Å². The van der Waals surface area contributed by atoms with Crippen molar-refractivity contribution in [1.82, 2.24) is 0 Å². The van der Waals surface area contributed by atoms with Crippen molar-refractivity contribution >= 4 is 39.1 Å². The molecule has 2 rings (SSSR count). The Balaban J connectivity index is 2.43. The summed E-state index contributed by atoms with van der Waals surface area (Å²) in [5.74, 6) is 0. The molecule has 2 aromatic carbocycles. The summed E-state index contributed by atoms with van der Waals surface area (Å²) in [6.45, 7) is 4.00. The van der Waals surface area contributed by atoms with Crippen LogP contribution in [0, 0.1) is 13.8 Å². The van der Waals surface area contributed by atoms with Gasteiger partial charge in [-0.25, -0.2) is 0 Å².